The van der Waals surface area contributed by atoms with E-state index < -0.39 is 34.9 Å². The first-order valence-corrected chi connectivity index (χ1v) is 7.55. The number of esters is 1. The number of benzene rings is 2. The summed E-state index contributed by atoms with van der Waals surface area (Å²) in [6.07, 6.45) is 0. The van der Waals surface area contributed by atoms with Crippen molar-refractivity contribution < 1.29 is 28.4 Å². The number of hydrogen-bond donors (Lipinski definition) is 2. The molecular formula is C17H14FN3O6. The molecule has 27 heavy (non-hydrogen) atoms. The molecule has 2 N–H and O–H groups in total. The molecule has 2 aromatic carbocycles. The number of carbonyl (C=O) groups excluding carboxylic acids is 3. The van der Waals surface area contributed by atoms with Crippen LogP contribution in [0.5, 0.6) is 0 Å². The fourth-order valence-corrected chi connectivity index (χ4v) is 2.06. The molecule has 0 bridgehead atoms. The van der Waals surface area contributed by atoms with Crippen LogP contribution in [0.15, 0.2) is 42.5 Å². The van der Waals surface area contributed by atoms with Crippen molar-refractivity contribution >= 4 is 34.8 Å². The highest BCUT2D eigenvalue weighted by Crippen LogP contribution is 2.24. The minimum Gasteiger partial charge on any atom is -0.452 e. The highest BCUT2D eigenvalue weighted by molar-refractivity contribution is 5.97. The van der Waals surface area contributed by atoms with Gasteiger partial charge in [-0.1, -0.05) is 0 Å². The molecule has 0 aliphatic heterocycles. The van der Waals surface area contributed by atoms with E-state index in [-0.39, 0.29) is 17.2 Å². The Morgan fingerprint density at radius 1 is 1.11 bits per heavy atom. The number of rotatable bonds is 6. The lowest BCUT2D eigenvalue weighted by Gasteiger charge is -2.08. The molecule has 0 unspecified atom stereocenters. The van der Waals surface area contributed by atoms with Gasteiger partial charge in [0, 0.05) is 12.6 Å². The lowest BCUT2D eigenvalue weighted by Crippen LogP contribution is -2.21. The van der Waals surface area contributed by atoms with Gasteiger partial charge in [-0.15, -0.1) is 0 Å². The van der Waals surface area contributed by atoms with Crippen molar-refractivity contribution in [1.82, 2.24) is 0 Å². The van der Waals surface area contributed by atoms with E-state index in [9.17, 15) is 28.9 Å². The van der Waals surface area contributed by atoms with E-state index in [2.05, 4.69) is 10.6 Å². The first kappa shape index (κ1) is 19.5. The van der Waals surface area contributed by atoms with Gasteiger partial charge >= 0.3 is 5.97 Å². The van der Waals surface area contributed by atoms with E-state index in [1.807, 2.05) is 0 Å². The van der Waals surface area contributed by atoms with Gasteiger partial charge in [-0.3, -0.25) is 19.7 Å². The van der Waals surface area contributed by atoms with Crippen molar-refractivity contribution in [2.75, 3.05) is 17.2 Å². The Morgan fingerprint density at radius 3 is 2.37 bits per heavy atom. The number of nitrogens with one attached hydrogen (secondary N) is 2. The monoisotopic (exact) mass is 375 g/mol. The molecule has 0 saturated carbocycles. The highest BCUT2D eigenvalue weighted by atomic mass is 19.1. The fourth-order valence-electron chi connectivity index (χ4n) is 2.06. The van der Waals surface area contributed by atoms with Gasteiger partial charge < -0.3 is 15.4 Å². The van der Waals surface area contributed by atoms with E-state index in [0.717, 1.165) is 12.1 Å². The van der Waals surface area contributed by atoms with Gasteiger partial charge in [-0.2, -0.15) is 0 Å². The number of ether oxygens (including phenoxy) is 1. The Bertz CT molecular complexity index is 898. The topological polar surface area (TPSA) is 128 Å². The van der Waals surface area contributed by atoms with Gasteiger partial charge in [0.05, 0.1) is 16.6 Å². The standard InChI is InChI=1S/C17H14FN3O6/c1-10(22)19-13-5-2-11(3-6-13)17(24)27-9-16(23)20-14-7-4-12(18)8-15(14)21(25)26/h2-8H,9H2,1H3,(H,19,22)(H,20,23). The predicted molar refractivity (Wildman–Crippen MR) is 92.7 cm³/mol. The Kier molecular flexibility index (Phi) is 6.15. The van der Waals surface area contributed by atoms with E-state index in [4.69, 9.17) is 4.74 Å². The molecular weight excluding hydrogens is 361 g/mol. The third-order valence-corrected chi connectivity index (χ3v) is 3.21. The Hall–Kier alpha value is -3.82. The largest absolute Gasteiger partial charge is 0.452 e. The number of anilines is 2. The lowest BCUT2D eigenvalue weighted by atomic mass is 10.2. The molecule has 9 nitrogen and oxygen atoms in total. The summed E-state index contributed by atoms with van der Waals surface area (Å²) in [5, 5.41) is 15.6. The Labute approximate surface area is 152 Å². The molecule has 0 fully saturated rings. The van der Waals surface area contributed by atoms with E-state index in [0.29, 0.717) is 11.8 Å². The van der Waals surface area contributed by atoms with E-state index >= 15 is 0 Å². The molecule has 0 spiro atoms. The molecule has 0 atom stereocenters. The molecule has 0 radical (unpaired) electrons. The van der Waals surface area contributed by atoms with Crippen LogP contribution in [-0.2, 0) is 14.3 Å². The molecule has 0 saturated heterocycles. The average molecular weight is 375 g/mol. The summed E-state index contributed by atoms with van der Waals surface area (Å²) >= 11 is 0. The number of nitrogens with zero attached hydrogens (tertiary/aromatic N) is 1. The van der Waals surface area contributed by atoms with Gasteiger partial charge in [0.2, 0.25) is 5.91 Å². The molecule has 140 valence electrons. The minimum atomic E-state index is -0.846. The van der Waals surface area contributed by atoms with Crippen LogP contribution in [0.2, 0.25) is 0 Å². The van der Waals surface area contributed by atoms with Crippen LogP contribution in [0.25, 0.3) is 0 Å². The number of hydrogen-bond acceptors (Lipinski definition) is 6. The van der Waals surface area contributed by atoms with Crippen LogP contribution < -0.4 is 10.6 Å². The number of halogens is 1. The van der Waals surface area contributed by atoms with Gasteiger partial charge in [-0.25, -0.2) is 9.18 Å². The van der Waals surface area contributed by atoms with Crippen molar-refractivity contribution in [2.24, 2.45) is 0 Å². The average Bonchev–Trinajstić information content (AvgIpc) is 2.61. The predicted octanol–water partition coefficient (Wildman–Crippen LogP) is 2.49. The van der Waals surface area contributed by atoms with Crippen molar-refractivity contribution in [3.8, 4) is 0 Å². The number of nitro benzene ring substituents is 1. The molecule has 0 heterocycles. The quantitative estimate of drug-likeness (QED) is 0.454. The summed E-state index contributed by atoms with van der Waals surface area (Å²) < 4.78 is 17.9. The normalized spacial score (nSPS) is 10.0. The van der Waals surface area contributed by atoms with Gasteiger partial charge in [0.1, 0.15) is 11.5 Å². The molecule has 2 aromatic rings. The second-order valence-corrected chi connectivity index (χ2v) is 5.30. The number of carbonyl (C=O) groups is 3. The van der Waals surface area contributed by atoms with Crippen LogP contribution in [-0.4, -0.2) is 29.3 Å². The third-order valence-electron chi connectivity index (χ3n) is 3.21. The zero-order chi connectivity index (χ0) is 20.0. The molecule has 0 aliphatic carbocycles. The summed E-state index contributed by atoms with van der Waals surface area (Å²) in [6, 6.07) is 8.42. The minimum absolute atomic E-state index is 0.143. The van der Waals surface area contributed by atoms with Gasteiger partial charge in [-0.05, 0) is 36.4 Å². The molecule has 2 amide bonds. The molecule has 0 aliphatic rings. The van der Waals surface area contributed by atoms with E-state index in [1.54, 1.807) is 0 Å². The van der Waals surface area contributed by atoms with Crippen molar-refractivity contribution in [1.29, 1.82) is 0 Å². The van der Waals surface area contributed by atoms with Crippen LogP contribution in [0.4, 0.5) is 21.5 Å². The molecule has 10 heteroatoms. The van der Waals surface area contributed by atoms with Crippen molar-refractivity contribution in [2.45, 2.75) is 6.92 Å². The maximum atomic E-state index is 13.1. The fraction of sp³-hybridized carbons (Fsp3) is 0.118. The maximum Gasteiger partial charge on any atom is 0.338 e. The zero-order valence-electron chi connectivity index (χ0n) is 14.0. The van der Waals surface area contributed by atoms with Crippen LogP contribution >= 0.6 is 0 Å². The zero-order valence-corrected chi connectivity index (χ0v) is 14.0. The SMILES string of the molecule is CC(=O)Nc1ccc(C(=O)OCC(=O)Nc2ccc(F)cc2[N+](=O)[O-])cc1. The van der Waals surface area contributed by atoms with Crippen LogP contribution in [0.1, 0.15) is 17.3 Å². The lowest BCUT2D eigenvalue weighted by molar-refractivity contribution is -0.384. The summed E-state index contributed by atoms with van der Waals surface area (Å²) in [5.41, 5.74) is -0.213. The smallest absolute Gasteiger partial charge is 0.338 e. The number of amides is 2. The summed E-state index contributed by atoms with van der Waals surface area (Å²) in [4.78, 5) is 44.7. The number of nitro groups is 1. The van der Waals surface area contributed by atoms with Crippen LogP contribution in [0, 0.1) is 15.9 Å². The van der Waals surface area contributed by atoms with Gasteiger partial charge in [0.15, 0.2) is 6.61 Å². The second-order valence-electron chi connectivity index (χ2n) is 5.30. The third kappa shape index (κ3) is 5.59. The first-order valence-electron chi connectivity index (χ1n) is 7.55. The van der Waals surface area contributed by atoms with Crippen molar-refractivity contribution in [3.05, 3.63) is 64.0 Å². The van der Waals surface area contributed by atoms with Crippen LogP contribution in [0.3, 0.4) is 0 Å². The van der Waals surface area contributed by atoms with Crippen molar-refractivity contribution in [3.63, 3.8) is 0 Å². The molecule has 2 rings (SSSR count). The maximum absolute atomic E-state index is 13.1. The Morgan fingerprint density at radius 2 is 1.78 bits per heavy atom. The van der Waals surface area contributed by atoms with Gasteiger partial charge in [0.25, 0.3) is 11.6 Å². The first-order chi connectivity index (χ1) is 12.8. The second kappa shape index (κ2) is 8.52. The summed E-state index contributed by atoms with van der Waals surface area (Å²) in [6.45, 7) is 0.646. The Balaban J connectivity index is 1.94. The van der Waals surface area contributed by atoms with E-state index in [1.165, 1.54) is 31.2 Å². The summed E-state index contributed by atoms with van der Waals surface area (Å²) in [5.74, 6) is -2.72. The summed E-state index contributed by atoms with van der Waals surface area (Å²) in [7, 11) is 0. The molecule has 0 aromatic heterocycles. The highest BCUT2D eigenvalue weighted by Gasteiger charge is 2.18.